The van der Waals surface area contributed by atoms with Crippen molar-refractivity contribution < 1.29 is 9.26 Å². The lowest BCUT2D eigenvalue weighted by atomic mass is 10.1. The minimum absolute atomic E-state index is 0.360. The van der Waals surface area contributed by atoms with Crippen LogP contribution in [0.3, 0.4) is 0 Å². The van der Waals surface area contributed by atoms with Gasteiger partial charge < -0.3 is 9.26 Å². The topological polar surface area (TPSA) is 38.5 Å². The molecule has 1 aromatic carbocycles. The van der Waals surface area contributed by atoms with E-state index in [1.807, 2.05) is 0 Å². The van der Waals surface area contributed by atoms with Crippen molar-refractivity contribution in [2.75, 3.05) is 13.2 Å². The van der Waals surface area contributed by atoms with Gasteiger partial charge in [0.1, 0.15) is 5.75 Å². The summed E-state index contributed by atoms with van der Waals surface area (Å²) in [5.41, 5.74) is 2.37. The van der Waals surface area contributed by atoms with Gasteiger partial charge in [0, 0.05) is 12.6 Å². The molecule has 4 nitrogen and oxygen atoms in total. The molecule has 1 aliphatic heterocycles. The number of hydrogen-bond acceptors (Lipinski definition) is 4. The molecule has 0 aliphatic carbocycles. The molecule has 0 bridgehead atoms. The Morgan fingerprint density at radius 3 is 2.79 bits per heavy atom. The number of rotatable bonds is 8. The largest absolute Gasteiger partial charge is 0.494 e. The van der Waals surface area contributed by atoms with Gasteiger partial charge in [0.15, 0.2) is 5.76 Å². The number of hydrogen-bond donors (Lipinski definition) is 0. The molecule has 1 fully saturated rings. The zero-order chi connectivity index (χ0) is 16.8. The monoisotopic (exact) mass is 328 g/mol. The Morgan fingerprint density at radius 2 is 2.08 bits per heavy atom. The summed E-state index contributed by atoms with van der Waals surface area (Å²) in [6, 6.07) is 11.0. The van der Waals surface area contributed by atoms with E-state index in [1.54, 1.807) is 0 Å². The summed E-state index contributed by atoms with van der Waals surface area (Å²) in [5.74, 6) is 1.98. The Balaban J connectivity index is 1.60. The molecule has 130 valence electrons. The third kappa shape index (κ3) is 4.18. The van der Waals surface area contributed by atoms with E-state index in [4.69, 9.17) is 9.26 Å². The fourth-order valence-corrected chi connectivity index (χ4v) is 3.25. The van der Waals surface area contributed by atoms with Crippen LogP contribution in [-0.2, 0) is 13.0 Å². The van der Waals surface area contributed by atoms with Gasteiger partial charge in [-0.05, 0) is 49.9 Å². The third-order valence-corrected chi connectivity index (χ3v) is 4.71. The van der Waals surface area contributed by atoms with Crippen LogP contribution in [0.4, 0.5) is 0 Å². The Labute approximate surface area is 144 Å². The molecule has 1 aliphatic rings. The smallest absolute Gasteiger partial charge is 0.154 e. The van der Waals surface area contributed by atoms with Crippen molar-refractivity contribution in [3.05, 3.63) is 47.3 Å². The second-order valence-electron chi connectivity index (χ2n) is 6.55. The molecule has 2 aromatic rings. The zero-order valence-corrected chi connectivity index (χ0v) is 14.8. The molecule has 0 amide bonds. The van der Waals surface area contributed by atoms with E-state index in [9.17, 15) is 0 Å². The molecule has 3 rings (SSSR count). The first-order valence-electron chi connectivity index (χ1n) is 9.21. The molecule has 1 aromatic heterocycles. The quantitative estimate of drug-likeness (QED) is 0.655. The number of aryl methyl sites for hydroxylation is 1. The molecule has 24 heavy (non-hydrogen) atoms. The molecule has 4 heteroatoms. The van der Waals surface area contributed by atoms with Gasteiger partial charge >= 0.3 is 0 Å². The van der Waals surface area contributed by atoms with Crippen molar-refractivity contribution in [2.45, 2.75) is 58.5 Å². The summed E-state index contributed by atoms with van der Waals surface area (Å²) in [4.78, 5) is 2.49. The van der Waals surface area contributed by atoms with Crippen molar-refractivity contribution >= 4 is 0 Å². The molecule has 0 N–H and O–H groups in total. The summed E-state index contributed by atoms with van der Waals surface area (Å²) >= 11 is 0. The maximum absolute atomic E-state index is 5.74. The predicted molar refractivity (Wildman–Crippen MR) is 95.1 cm³/mol. The number of nitrogens with zero attached hydrogens (tertiary/aromatic N) is 2. The predicted octanol–water partition coefficient (Wildman–Crippen LogP) is 4.75. The fourth-order valence-electron chi connectivity index (χ4n) is 3.25. The third-order valence-electron chi connectivity index (χ3n) is 4.71. The van der Waals surface area contributed by atoms with E-state index in [0.717, 1.165) is 62.6 Å². The lowest BCUT2D eigenvalue weighted by Gasteiger charge is -2.22. The van der Waals surface area contributed by atoms with Crippen molar-refractivity contribution in [3.63, 3.8) is 0 Å². The van der Waals surface area contributed by atoms with Crippen molar-refractivity contribution in [2.24, 2.45) is 0 Å². The summed E-state index contributed by atoms with van der Waals surface area (Å²) in [7, 11) is 0. The summed E-state index contributed by atoms with van der Waals surface area (Å²) in [6.07, 6.45) is 5.56. The van der Waals surface area contributed by atoms with Crippen molar-refractivity contribution in [1.82, 2.24) is 10.1 Å². The van der Waals surface area contributed by atoms with Crippen LogP contribution in [0.25, 0.3) is 0 Å². The lowest BCUT2D eigenvalue weighted by Crippen LogP contribution is -2.22. The average molecular weight is 328 g/mol. The van der Waals surface area contributed by atoms with Gasteiger partial charge in [-0.3, -0.25) is 4.90 Å². The standard InChI is InChI=1S/C20H28N2O2/c1-3-5-13-23-18-10-8-16(9-11-18)15-22-12-6-7-19(22)20-14-17(4-2)21-24-20/h8-11,14,19H,3-7,12-13,15H2,1-2H3. The van der Waals surface area contributed by atoms with E-state index in [0.29, 0.717) is 6.04 Å². The van der Waals surface area contributed by atoms with Gasteiger partial charge in [-0.2, -0.15) is 0 Å². The molecule has 0 spiro atoms. The van der Waals surface area contributed by atoms with Crippen LogP contribution < -0.4 is 4.74 Å². The zero-order valence-electron chi connectivity index (χ0n) is 14.8. The fraction of sp³-hybridized carbons (Fsp3) is 0.550. The van der Waals surface area contributed by atoms with Crippen LogP contribution in [0.15, 0.2) is 34.9 Å². The Hall–Kier alpha value is -1.81. The van der Waals surface area contributed by atoms with E-state index in [-0.39, 0.29) is 0 Å². The van der Waals surface area contributed by atoms with E-state index in [1.165, 1.54) is 12.0 Å². The summed E-state index contributed by atoms with van der Waals surface area (Å²) in [5, 5.41) is 4.15. The molecular weight excluding hydrogens is 300 g/mol. The number of aromatic nitrogens is 1. The van der Waals surface area contributed by atoms with Gasteiger partial charge in [-0.15, -0.1) is 0 Å². The van der Waals surface area contributed by atoms with Crippen LogP contribution >= 0.6 is 0 Å². The second-order valence-corrected chi connectivity index (χ2v) is 6.55. The highest BCUT2D eigenvalue weighted by Crippen LogP contribution is 2.33. The number of ether oxygens (including phenoxy) is 1. The summed E-state index contributed by atoms with van der Waals surface area (Å²) in [6.45, 7) is 7.15. The average Bonchev–Trinajstić information content (AvgIpc) is 3.25. The van der Waals surface area contributed by atoms with Crippen LogP contribution in [0, 0.1) is 0 Å². The Kier molecular flexibility index (Phi) is 5.91. The van der Waals surface area contributed by atoms with Gasteiger partial charge in [-0.25, -0.2) is 0 Å². The lowest BCUT2D eigenvalue weighted by molar-refractivity contribution is 0.206. The van der Waals surface area contributed by atoms with Crippen molar-refractivity contribution in [3.8, 4) is 5.75 Å². The SMILES string of the molecule is CCCCOc1ccc(CN2CCCC2c2cc(CC)no2)cc1. The van der Waals surface area contributed by atoms with Crippen LogP contribution in [0.5, 0.6) is 5.75 Å². The molecule has 1 atom stereocenters. The second kappa shape index (κ2) is 8.34. The molecule has 0 saturated carbocycles. The van der Waals surface area contributed by atoms with Gasteiger partial charge in [0.05, 0.1) is 18.3 Å². The summed E-state index contributed by atoms with van der Waals surface area (Å²) < 4.78 is 11.3. The first-order valence-corrected chi connectivity index (χ1v) is 9.21. The maximum atomic E-state index is 5.74. The van der Waals surface area contributed by atoms with E-state index in [2.05, 4.69) is 54.2 Å². The van der Waals surface area contributed by atoms with Crippen LogP contribution in [-0.4, -0.2) is 23.2 Å². The molecule has 1 saturated heterocycles. The van der Waals surface area contributed by atoms with E-state index < -0.39 is 0 Å². The first kappa shape index (κ1) is 17.0. The Bertz CT molecular complexity index is 621. The molecular formula is C20H28N2O2. The van der Waals surface area contributed by atoms with Gasteiger partial charge in [0.2, 0.25) is 0 Å². The molecule has 0 radical (unpaired) electrons. The maximum Gasteiger partial charge on any atom is 0.154 e. The first-order chi connectivity index (χ1) is 11.8. The highest BCUT2D eigenvalue weighted by molar-refractivity contribution is 5.27. The minimum atomic E-state index is 0.360. The van der Waals surface area contributed by atoms with Gasteiger partial charge in [0.25, 0.3) is 0 Å². The number of benzene rings is 1. The number of unbranched alkanes of at least 4 members (excludes halogenated alkanes) is 1. The highest BCUT2D eigenvalue weighted by atomic mass is 16.5. The molecule has 1 unspecified atom stereocenters. The van der Waals surface area contributed by atoms with Crippen LogP contribution in [0.1, 0.15) is 62.6 Å². The normalized spacial score (nSPS) is 18.2. The van der Waals surface area contributed by atoms with Gasteiger partial charge in [-0.1, -0.05) is 37.6 Å². The van der Waals surface area contributed by atoms with Crippen molar-refractivity contribution in [1.29, 1.82) is 0 Å². The molecule has 2 heterocycles. The number of likely N-dealkylation sites (tertiary alicyclic amines) is 1. The van der Waals surface area contributed by atoms with Crippen LogP contribution in [0.2, 0.25) is 0 Å². The highest BCUT2D eigenvalue weighted by Gasteiger charge is 2.29. The Morgan fingerprint density at radius 1 is 1.25 bits per heavy atom. The minimum Gasteiger partial charge on any atom is -0.494 e. The van der Waals surface area contributed by atoms with E-state index >= 15 is 0 Å².